The van der Waals surface area contributed by atoms with Gasteiger partial charge in [-0.15, -0.1) is 0 Å². The Bertz CT molecular complexity index is 1230. The molecule has 10 heteroatoms. The zero-order valence-electron chi connectivity index (χ0n) is 16.5. The molecule has 0 radical (unpaired) electrons. The van der Waals surface area contributed by atoms with E-state index in [1.54, 1.807) is 11.9 Å². The second kappa shape index (κ2) is 9.13. The Kier molecular flexibility index (Phi) is 6.76. The Morgan fingerprint density at radius 3 is 2.50 bits per heavy atom. The van der Waals surface area contributed by atoms with Crippen molar-refractivity contribution in [2.24, 2.45) is 0 Å². The molecule has 0 aliphatic carbocycles. The fraction of sp³-hybridized carbons (Fsp3) is 0.300. The summed E-state index contributed by atoms with van der Waals surface area (Å²) in [6.45, 7) is 3.14. The second-order valence-corrected chi connectivity index (χ2v) is 8.93. The number of aryl methyl sites for hydroxylation is 3. The van der Waals surface area contributed by atoms with E-state index in [9.17, 15) is 24.3 Å². The fourth-order valence-corrected chi connectivity index (χ4v) is 5.16. The van der Waals surface area contributed by atoms with Crippen LogP contribution in [0.4, 0.5) is 0 Å². The number of nitrogens with zero attached hydrogens (tertiary/aromatic N) is 2. The predicted octanol–water partition coefficient (Wildman–Crippen LogP) is -0.788. The molecule has 3 aromatic rings. The molecule has 0 saturated heterocycles. The molecule has 160 valence electrons. The molecule has 0 saturated carbocycles. The summed E-state index contributed by atoms with van der Waals surface area (Å²) in [5.74, 6) is -1.81. The molecule has 3 rings (SSSR count). The van der Waals surface area contributed by atoms with Crippen LogP contribution < -0.4 is 32.9 Å². The van der Waals surface area contributed by atoms with E-state index in [-0.39, 0.29) is 16.8 Å². The Morgan fingerprint density at radius 2 is 1.90 bits per heavy atom. The summed E-state index contributed by atoms with van der Waals surface area (Å²) in [4.78, 5) is 52.5. The maximum atomic E-state index is 13.1. The molecular weight excluding hydrogens is 523 g/mol. The van der Waals surface area contributed by atoms with Crippen molar-refractivity contribution in [3.63, 3.8) is 0 Å². The van der Waals surface area contributed by atoms with Gasteiger partial charge in [0, 0.05) is 0 Å². The van der Waals surface area contributed by atoms with Crippen molar-refractivity contribution in [2.45, 2.75) is 32.9 Å². The maximum absolute atomic E-state index is 13.1. The van der Waals surface area contributed by atoms with Crippen molar-refractivity contribution in [2.75, 3.05) is 4.93 Å². The minimum atomic E-state index is -1.34. The number of carbonyl (C=O) groups is 2. The molecule has 30 heavy (non-hydrogen) atoms. The van der Waals surface area contributed by atoms with Crippen molar-refractivity contribution in [1.29, 1.82) is 0 Å². The average molecular weight is 543 g/mol. The number of fused-ring (bicyclic) bond motifs is 1. The molecule has 0 amide bonds. The van der Waals surface area contributed by atoms with Crippen LogP contribution in [0, 0.1) is 6.92 Å². The summed E-state index contributed by atoms with van der Waals surface area (Å²) in [6, 6.07) is 8.17. The van der Waals surface area contributed by atoms with Crippen LogP contribution in [0.3, 0.4) is 0 Å². The molecule has 1 atom stereocenters. The first-order valence-corrected chi connectivity index (χ1v) is 12.9. The number of carbonyl (C=O) groups excluding carboxylic acids is 1. The van der Waals surface area contributed by atoms with Gasteiger partial charge in [-0.2, -0.15) is 0 Å². The van der Waals surface area contributed by atoms with E-state index < -0.39 is 50.8 Å². The van der Waals surface area contributed by atoms with Gasteiger partial charge in [0.1, 0.15) is 0 Å². The van der Waals surface area contributed by atoms with Crippen molar-refractivity contribution in [1.82, 2.24) is 9.13 Å². The zero-order valence-corrected chi connectivity index (χ0v) is 19.5. The number of halogens is 1. The first-order chi connectivity index (χ1) is 14.3. The molecular formula is C20H20IN2O6S-. The summed E-state index contributed by atoms with van der Waals surface area (Å²) in [6.07, 6.45) is 0.507. The van der Waals surface area contributed by atoms with Crippen molar-refractivity contribution in [3.05, 3.63) is 67.2 Å². The van der Waals surface area contributed by atoms with E-state index in [1.165, 1.54) is 11.5 Å². The minimum absolute atomic E-state index is 0.182. The van der Waals surface area contributed by atoms with Crippen molar-refractivity contribution >= 4 is 33.5 Å². The topological polar surface area (TPSA) is 108 Å². The van der Waals surface area contributed by atoms with E-state index in [4.69, 9.17) is 3.07 Å². The summed E-state index contributed by atoms with van der Waals surface area (Å²) >= 11 is 0.276. The number of carboxylic acids is 1. The van der Waals surface area contributed by atoms with Gasteiger partial charge in [0.05, 0.1) is 0 Å². The summed E-state index contributed by atoms with van der Waals surface area (Å²) < 4.78 is 7.32. The van der Waals surface area contributed by atoms with Gasteiger partial charge >= 0.3 is 187 Å². The normalized spacial score (nSPS) is 12.2. The van der Waals surface area contributed by atoms with Gasteiger partial charge in [-0.1, -0.05) is 0 Å². The van der Waals surface area contributed by atoms with Gasteiger partial charge in [-0.3, -0.25) is 0 Å². The molecule has 8 nitrogen and oxygen atoms in total. The fourth-order valence-electron chi connectivity index (χ4n) is 3.20. The zero-order chi connectivity index (χ0) is 22.0. The molecule has 2 aromatic heterocycles. The monoisotopic (exact) mass is 543 g/mol. The SMILES string of the molecule is C[I-]OC(=O)c1sc2c(c1C)c(=O)n([C@@H](C)C(=O)O)c(=O)n2CCc1ccccc1. The number of alkyl halides is 1. The van der Waals surface area contributed by atoms with Crippen LogP contribution in [0.1, 0.15) is 33.8 Å². The van der Waals surface area contributed by atoms with E-state index in [0.717, 1.165) is 21.5 Å². The Hall–Kier alpha value is -2.47. The number of rotatable bonds is 7. The molecule has 0 bridgehead atoms. The van der Waals surface area contributed by atoms with E-state index in [2.05, 4.69) is 0 Å². The van der Waals surface area contributed by atoms with Crippen LogP contribution in [-0.4, -0.2) is 31.1 Å². The molecule has 1 N–H and O–H groups in total. The van der Waals surface area contributed by atoms with Crippen molar-refractivity contribution in [3.8, 4) is 0 Å². The van der Waals surface area contributed by atoms with Gasteiger partial charge in [0.25, 0.3) is 0 Å². The standard InChI is InChI=1S/C20H20IN2O6S/c1-11-14-16(24)23(12(2)18(25)26)20(28)22(10-9-13-7-5-4-6-8-13)17(14)30-15(11)19(27)29-21-3/h4-8,12H,9-10H2,1-3H3,(H,25,26)/q-1/t12-/m0/s1. The van der Waals surface area contributed by atoms with E-state index in [1.807, 2.05) is 30.3 Å². The first kappa shape index (κ1) is 22.2. The van der Waals surface area contributed by atoms with Crippen LogP contribution in [-0.2, 0) is 20.8 Å². The molecule has 0 aliphatic rings. The summed E-state index contributed by atoms with van der Waals surface area (Å²) in [7, 11) is 0. The van der Waals surface area contributed by atoms with Crippen LogP contribution in [0.5, 0.6) is 0 Å². The quantitative estimate of drug-likeness (QED) is 0.310. The number of thiophene rings is 1. The summed E-state index contributed by atoms with van der Waals surface area (Å²) in [5, 5.41) is 9.59. The van der Waals surface area contributed by atoms with Crippen LogP contribution >= 0.6 is 11.3 Å². The summed E-state index contributed by atoms with van der Waals surface area (Å²) in [5.41, 5.74) is -0.0187. The number of carboxylic acid groups (broad SMARTS) is 1. The number of aromatic nitrogens is 2. The number of benzene rings is 1. The molecule has 0 spiro atoms. The van der Waals surface area contributed by atoms with Crippen LogP contribution in [0.15, 0.2) is 39.9 Å². The Labute approximate surface area is 186 Å². The number of hydrogen-bond donors (Lipinski definition) is 1. The third-order valence-electron chi connectivity index (χ3n) is 4.79. The third-order valence-corrected chi connectivity index (χ3v) is 6.92. The van der Waals surface area contributed by atoms with Gasteiger partial charge < -0.3 is 0 Å². The Balaban J connectivity index is 2.27. The van der Waals surface area contributed by atoms with Gasteiger partial charge in [-0.05, 0) is 0 Å². The molecule has 2 heterocycles. The predicted molar refractivity (Wildman–Crippen MR) is 109 cm³/mol. The van der Waals surface area contributed by atoms with Gasteiger partial charge in [0.15, 0.2) is 0 Å². The van der Waals surface area contributed by atoms with Gasteiger partial charge in [-0.25, -0.2) is 0 Å². The number of hydrogen-bond acceptors (Lipinski definition) is 6. The molecule has 0 unspecified atom stereocenters. The molecule has 0 aliphatic heterocycles. The van der Waals surface area contributed by atoms with Crippen molar-refractivity contribution < 1.29 is 39.4 Å². The third kappa shape index (κ3) is 4.06. The number of aliphatic carboxylic acids is 1. The van der Waals surface area contributed by atoms with E-state index >= 15 is 0 Å². The van der Waals surface area contributed by atoms with Crippen LogP contribution in [0.25, 0.3) is 10.2 Å². The first-order valence-electron chi connectivity index (χ1n) is 9.03. The van der Waals surface area contributed by atoms with Crippen LogP contribution in [0.2, 0.25) is 0 Å². The van der Waals surface area contributed by atoms with Gasteiger partial charge in [0.2, 0.25) is 0 Å². The second-order valence-electron chi connectivity index (χ2n) is 6.61. The Morgan fingerprint density at radius 1 is 1.23 bits per heavy atom. The molecule has 0 fully saturated rings. The average Bonchev–Trinajstić information content (AvgIpc) is 3.06. The van der Waals surface area contributed by atoms with E-state index in [0.29, 0.717) is 16.8 Å². The molecule has 1 aromatic carbocycles.